The summed E-state index contributed by atoms with van der Waals surface area (Å²) in [7, 11) is -3.51. The van der Waals surface area contributed by atoms with Crippen LogP contribution in [-0.4, -0.2) is 65.8 Å². The molecule has 32 heavy (non-hydrogen) atoms. The molecule has 0 saturated carbocycles. The Bertz CT molecular complexity index is 1200. The zero-order chi connectivity index (χ0) is 22.7. The second-order valence-corrected chi connectivity index (χ2v) is 10.1. The first kappa shape index (κ1) is 22.4. The summed E-state index contributed by atoms with van der Waals surface area (Å²) in [5.74, 6) is 0.408. The summed E-state index contributed by atoms with van der Waals surface area (Å²) < 4.78 is 29.3. The minimum absolute atomic E-state index is 0.146. The molecule has 2 heterocycles. The number of sulfonamides is 1. The normalized spacial score (nSPS) is 15.8. The molecule has 1 amide bonds. The quantitative estimate of drug-likeness (QED) is 0.592. The predicted molar refractivity (Wildman–Crippen MR) is 125 cm³/mol. The molecule has 2 aromatic carbocycles. The number of aromatic nitrogens is 2. The molecule has 1 N–H and O–H groups in total. The number of nitrogens with one attached hydrogen (secondary N) is 1. The first-order valence-corrected chi connectivity index (χ1v) is 12.4. The monoisotopic (exact) mass is 455 g/mol. The highest BCUT2D eigenvalue weighted by atomic mass is 32.2. The third-order valence-electron chi connectivity index (χ3n) is 5.71. The standard InChI is InChI=1S/C23H29N5O3S/c1-3-12-28-21-7-5-4-6-20(21)24-23(28)25-22(29)17-26-13-15-27(16-14-26)32(30,31)19-10-8-18(2)9-11-19/h4-11H,3,12-17H2,1-2H3,(H,24,25,29). The van der Waals surface area contributed by atoms with E-state index in [1.54, 1.807) is 24.3 Å². The summed E-state index contributed by atoms with van der Waals surface area (Å²) in [6.45, 7) is 6.71. The number of carbonyl (C=O) groups excluding carboxylic acids is 1. The van der Waals surface area contributed by atoms with Crippen molar-refractivity contribution >= 4 is 32.9 Å². The van der Waals surface area contributed by atoms with E-state index in [9.17, 15) is 13.2 Å². The number of anilines is 1. The number of nitrogens with zero attached hydrogens (tertiary/aromatic N) is 4. The number of carbonyl (C=O) groups is 1. The van der Waals surface area contributed by atoms with Gasteiger partial charge in [-0.1, -0.05) is 36.8 Å². The van der Waals surface area contributed by atoms with E-state index in [1.165, 1.54) is 4.31 Å². The number of hydrogen-bond acceptors (Lipinski definition) is 5. The first-order valence-electron chi connectivity index (χ1n) is 10.9. The lowest BCUT2D eigenvalue weighted by Crippen LogP contribution is -2.50. The fraction of sp³-hybridized carbons (Fsp3) is 0.391. The van der Waals surface area contributed by atoms with Crippen LogP contribution < -0.4 is 5.32 Å². The van der Waals surface area contributed by atoms with E-state index in [0.717, 1.165) is 29.6 Å². The molecule has 3 aromatic rings. The summed E-state index contributed by atoms with van der Waals surface area (Å²) >= 11 is 0. The number of hydrogen-bond donors (Lipinski definition) is 1. The van der Waals surface area contributed by atoms with Crippen LogP contribution in [0.5, 0.6) is 0 Å². The molecule has 1 fully saturated rings. The number of para-hydroxylation sites is 2. The van der Waals surface area contributed by atoms with Crippen LogP contribution in [0.3, 0.4) is 0 Å². The molecule has 1 aliphatic rings. The molecule has 0 atom stereocenters. The SMILES string of the molecule is CCCn1c(NC(=O)CN2CCN(S(=O)(=O)c3ccc(C)cc3)CC2)nc2ccccc21. The van der Waals surface area contributed by atoms with Crippen molar-refractivity contribution in [2.45, 2.75) is 31.7 Å². The van der Waals surface area contributed by atoms with Crippen molar-refractivity contribution in [3.05, 3.63) is 54.1 Å². The molecule has 0 aliphatic carbocycles. The number of piperazine rings is 1. The predicted octanol–water partition coefficient (Wildman–Crippen LogP) is 2.70. The van der Waals surface area contributed by atoms with Gasteiger partial charge in [-0.25, -0.2) is 13.4 Å². The van der Waals surface area contributed by atoms with E-state index in [0.29, 0.717) is 37.0 Å². The smallest absolute Gasteiger partial charge is 0.243 e. The number of benzene rings is 2. The van der Waals surface area contributed by atoms with Gasteiger partial charge in [0.1, 0.15) is 0 Å². The molecule has 0 bridgehead atoms. The number of imidazole rings is 1. The molecule has 1 aromatic heterocycles. The van der Waals surface area contributed by atoms with Gasteiger partial charge in [-0.2, -0.15) is 4.31 Å². The Morgan fingerprint density at radius 1 is 1.03 bits per heavy atom. The van der Waals surface area contributed by atoms with Gasteiger partial charge >= 0.3 is 0 Å². The van der Waals surface area contributed by atoms with E-state index in [2.05, 4.69) is 17.2 Å². The van der Waals surface area contributed by atoms with E-state index in [1.807, 2.05) is 40.7 Å². The summed E-state index contributed by atoms with van der Waals surface area (Å²) in [6.07, 6.45) is 0.931. The van der Waals surface area contributed by atoms with Crippen molar-refractivity contribution in [1.82, 2.24) is 18.8 Å². The summed E-state index contributed by atoms with van der Waals surface area (Å²) in [5.41, 5.74) is 2.87. The Morgan fingerprint density at radius 3 is 2.41 bits per heavy atom. The maximum atomic E-state index is 12.9. The van der Waals surface area contributed by atoms with Gasteiger partial charge in [0.15, 0.2) is 0 Å². The third-order valence-corrected chi connectivity index (χ3v) is 7.62. The highest BCUT2D eigenvalue weighted by molar-refractivity contribution is 7.89. The Kier molecular flexibility index (Phi) is 6.59. The van der Waals surface area contributed by atoms with Crippen molar-refractivity contribution in [2.75, 3.05) is 38.0 Å². The lowest BCUT2D eigenvalue weighted by molar-refractivity contribution is -0.117. The highest BCUT2D eigenvalue weighted by Crippen LogP contribution is 2.21. The van der Waals surface area contributed by atoms with Crippen molar-refractivity contribution in [2.24, 2.45) is 0 Å². The fourth-order valence-electron chi connectivity index (χ4n) is 3.98. The van der Waals surface area contributed by atoms with E-state index < -0.39 is 10.0 Å². The largest absolute Gasteiger partial charge is 0.310 e. The van der Waals surface area contributed by atoms with Gasteiger partial charge in [0, 0.05) is 32.7 Å². The molecule has 8 nitrogen and oxygen atoms in total. The molecule has 1 aliphatic heterocycles. The number of rotatable bonds is 7. The summed E-state index contributed by atoms with van der Waals surface area (Å²) in [6, 6.07) is 14.7. The van der Waals surface area contributed by atoms with Gasteiger partial charge in [-0.15, -0.1) is 0 Å². The maximum absolute atomic E-state index is 12.9. The van der Waals surface area contributed by atoms with Crippen LogP contribution in [0.4, 0.5) is 5.95 Å². The Labute approximate surface area is 188 Å². The second kappa shape index (κ2) is 9.40. The Hall–Kier alpha value is -2.75. The number of aryl methyl sites for hydroxylation is 2. The highest BCUT2D eigenvalue weighted by Gasteiger charge is 2.29. The molecule has 170 valence electrons. The average molecular weight is 456 g/mol. The minimum Gasteiger partial charge on any atom is -0.310 e. The Morgan fingerprint density at radius 2 is 1.72 bits per heavy atom. The fourth-order valence-corrected chi connectivity index (χ4v) is 5.40. The number of amides is 1. The van der Waals surface area contributed by atoms with Gasteiger partial charge in [-0.05, 0) is 37.6 Å². The van der Waals surface area contributed by atoms with E-state index in [-0.39, 0.29) is 12.5 Å². The molecule has 0 radical (unpaired) electrons. The van der Waals surface area contributed by atoms with Crippen LogP contribution in [-0.2, 0) is 21.4 Å². The van der Waals surface area contributed by atoms with Gasteiger partial charge in [-0.3, -0.25) is 15.0 Å². The minimum atomic E-state index is -3.51. The summed E-state index contributed by atoms with van der Waals surface area (Å²) in [4.78, 5) is 19.6. The van der Waals surface area contributed by atoms with E-state index >= 15 is 0 Å². The maximum Gasteiger partial charge on any atom is 0.243 e. The van der Waals surface area contributed by atoms with Crippen molar-refractivity contribution < 1.29 is 13.2 Å². The molecule has 9 heteroatoms. The van der Waals surface area contributed by atoms with Crippen molar-refractivity contribution in [3.8, 4) is 0 Å². The average Bonchev–Trinajstić information content (AvgIpc) is 3.11. The van der Waals surface area contributed by atoms with E-state index in [4.69, 9.17) is 0 Å². The first-order chi connectivity index (χ1) is 15.4. The Balaban J connectivity index is 1.36. The topological polar surface area (TPSA) is 87.5 Å². The molecule has 0 unspecified atom stereocenters. The zero-order valence-corrected chi connectivity index (χ0v) is 19.3. The molecule has 0 spiro atoms. The lowest BCUT2D eigenvalue weighted by Gasteiger charge is -2.33. The van der Waals surface area contributed by atoms with Crippen LogP contribution in [0.1, 0.15) is 18.9 Å². The molecule has 1 saturated heterocycles. The van der Waals surface area contributed by atoms with Crippen molar-refractivity contribution in [1.29, 1.82) is 0 Å². The van der Waals surface area contributed by atoms with Gasteiger partial charge < -0.3 is 4.57 Å². The lowest BCUT2D eigenvalue weighted by atomic mass is 10.2. The van der Waals surface area contributed by atoms with Gasteiger partial charge in [0.2, 0.25) is 21.9 Å². The van der Waals surface area contributed by atoms with Crippen LogP contribution in [0.2, 0.25) is 0 Å². The molecular weight excluding hydrogens is 426 g/mol. The zero-order valence-electron chi connectivity index (χ0n) is 18.5. The van der Waals surface area contributed by atoms with Gasteiger partial charge in [0.05, 0.1) is 22.5 Å². The van der Waals surface area contributed by atoms with Crippen LogP contribution in [0, 0.1) is 6.92 Å². The third kappa shape index (κ3) is 4.69. The van der Waals surface area contributed by atoms with Crippen LogP contribution in [0.25, 0.3) is 11.0 Å². The summed E-state index contributed by atoms with van der Waals surface area (Å²) in [5, 5.41) is 2.94. The molecular formula is C23H29N5O3S. The van der Waals surface area contributed by atoms with Crippen LogP contribution >= 0.6 is 0 Å². The molecule has 4 rings (SSSR count). The van der Waals surface area contributed by atoms with Crippen molar-refractivity contribution in [3.63, 3.8) is 0 Å². The van der Waals surface area contributed by atoms with Gasteiger partial charge in [0.25, 0.3) is 0 Å². The van der Waals surface area contributed by atoms with Crippen LogP contribution in [0.15, 0.2) is 53.4 Å². The number of fused-ring (bicyclic) bond motifs is 1. The second-order valence-electron chi connectivity index (χ2n) is 8.12.